The smallest absolute Gasteiger partial charge is 0.150 e. The van der Waals surface area contributed by atoms with Crippen LogP contribution in [0.15, 0.2) is 42.5 Å². The highest BCUT2D eigenvalue weighted by Gasteiger charge is 2.15. The van der Waals surface area contributed by atoms with E-state index in [1.54, 1.807) is 6.07 Å². The first-order valence-corrected chi connectivity index (χ1v) is 6.27. The molecule has 0 saturated carbocycles. The van der Waals surface area contributed by atoms with Crippen LogP contribution in [0.25, 0.3) is 11.1 Å². The van der Waals surface area contributed by atoms with Crippen LogP contribution in [0, 0.1) is 5.82 Å². The molecular weight excluding hydrogens is 239 g/mol. The van der Waals surface area contributed by atoms with Gasteiger partial charge in [-0.2, -0.15) is 0 Å². The second-order valence-electron chi connectivity index (χ2n) is 5.68. The van der Waals surface area contributed by atoms with Crippen molar-refractivity contribution in [2.24, 2.45) is 0 Å². The molecule has 0 amide bonds. The maximum Gasteiger partial charge on any atom is 0.150 e. The fraction of sp³-hybridized carbons (Fsp3) is 0.235. The molecule has 98 valence electrons. The second-order valence-corrected chi connectivity index (χ2v) is 5.68. The topological polar surface area (TPSA) is 17.1 Å². The zero-order chi connectivity index (χ0) is 14.0. The zero-order valence-corrected chi connectivity index (χ0v) is 11.4. The van der Waals surface area contributed by atoms with Gasteiger partial charge in [0.05, 0.1) is 0 Å². The van der Waals surface area contributed by atoms with Crippen molar-refractivity contribution in [1.29, 1.82) is 0 Å². The van der Waals surface area contributed by atoms with E-state index in [-0.39, 0.29) is 5.41 Å². The molecule has 2 heteroatoms. The van der Waals surface area contributed by atoms with Gasteiger partial charge in [-0.1, -0.05) is 51.1 Å². The van der Waals surface area contributed by atoms with E-state index in [1.165, 1.54) is 17.7 Å². The van der Waals surface area contributed by atoms with Crippen molar-refractivity contribution in [2.45, 2.75) is 26.2 Å². The van der Waals surface area contributed by atoms with Gasteiger partial charge >= 0.3 is 0 Å². The third kappa shape index (κ3) is 2.90. The predicted molar refractivity (Wildman–Crippen MR) is 75.9 cm³/mol. The van der Waals surface area contributed by atoms with Crippen LogP contribution in [-0.4, -0.2) is 6.29 Å². The number of carbonyl (C=O) groups is 1. The summed E-state index contributed by atoms with van der Waals surface area (Å²) in [6, 6.07) is 12.3. The van der Waals surface area contributed by atoms with Gasteiger partial charge in [-0.3, -0.25) is 4.79 Å². The van der Waals surface area contributed by atoms with Gasteiger partial charge in [0.15, 0.2) is 6.29 Å². The van der Waals surface area contributed by atoms with E-state index >= 15 is 0 Å². The second kappa shape index (κ2) is 4.96. The number of hydrogen-bond donors (Lipinski definition) is 0. The fourth-order valence-corrected chi connectivity index (χ4v) is 2.05. The minimum Gasteiger partial charge on any atom is -0.298 e. The molecule has 0 unspecified atom stereocenters. The molecule has 0 spiro atoms. The molecule has 1 nitrogen and oxygen atoms in total. The Balaban J connectivity index is 2.56. The van der Waals surface area contributed by atoms with Gasteiger partial charge in [-0.15, -0.1) is 0 Å². The van der Waals surface area contributed by atoms with E-state index in [2.05, 4.69) is 32.9 Å². The molecular formula is C17H17FO. The Labute approximate surface area is 113 Å². The number of hydrogen-bond acceptors (Lipinski definition) is 1. The lowest BCUT2D eigenvalue weighted by Crippen LogP contribution is -2.10. The molecule has 0 heterocycles. The van der Waals surface area contributed by atoms with Crippen molar-refractivity contribution in [3.05, 3.63) is 59.4 Å². The van der Waals surface area contributed by atoms with Crippen LogP contribution in [0.1, 0.15) is 36.7 Å². The number of rotatable bonds is 2. The number of aldehydes is 1. The summed E-state index contributed by atoms with van der Waals surface area (Å²) in [5.41, 5.74) is 3.31. The van der Waals surface area contributed by atoms with Crippen LogP contribution < -0.4 is 0 Å². The van der Waals surface area contributed by atoms with Crippen molar-refractivity contribution in [3.8, 4) is 11.1 Å². The Kier molecular flexibility index (Phi) is 3.52. The summed E-state index contributed by atoms with van der Waals surface area (Å²) in [6.45, 7) is 6.41. The summed E-state index contributed by atoms with van der Waals surface area (Å²) in [6.07, 6.45) is 0.697. The van der Waals surface area contributed by atoms with E-state index < -0.39 is 5.82 Å². The van der Waals surface area contributed by atoms with Crippen molar-refractivity contribution in [3.63, 3.8) is 0 Å². The van der Waals surface area contributed by atoms with Gasteiger partial charge in [0.25, 0.3) is 0 Å². The number of carbonyl (C=O) groups excluding carboxylic acids is 1. The maximum atomic E-state index is 13.2. The average Bonchev–Trinajstić information content (AvgIpc) is 2.37. The molecule has 0 aromatic heterocycles. The lowest BCUT2D eigenvalue weighted by molar-refractivity contribution is 0.112. The standard InChI is InChI=1S/C17H17FO/c1-17(2,3)14-6-4-5-12(9-14)16-8-7-15(18)10-13(16)11-19/h4-11H,1-3H3. The molecule has 2 aromatic carbocycles. The molecule has 0 aliphatic rings. The van der Waals surface area contributed by atoms with E-state index in [4.69, 9.17) is 0 Å². The van der Waals surface area contributed by atoms with Gasteiger partial charge in [-0.25, -0.2) is 4.39 Å². The minimum atomic E-state index is -0.391. The third-order valence-electron chi connectivity index (χ3n) is 3.18. The molecule has 0 atom stereocenters. The van der Waals surface area contributed by atoms with Gasteiger partial charge < -0.3 is 0 Å². The van der Waals surface area contributed by atoms with Gasteiger partial charge in [0, 0.05) is 5.56 Å². The van der Waals surface area contributed by atoms with Gasteiger partial charge in [0.1, 0.15) is 5.82 Å². The summed E-state index contributed by atoms with van der Waals surface area (Å²) in [7, 11) is 0. The Morgan fingerprint density at radius 2 is 1.79 bits per heavy atom. The Bertz CT molecular complexity index is 609. The average molecular weight is 256 g/mol. The lowest BCUT2D eigenvalue weighted by atomic mass is 9.85. The number of halogens is 1. The summed E-state index contributed by atoms with van der Waals surface area (Å²) in [5.74, 6) is -0.391. The molecule has 0 radical (unpaired) electrons. The van der Waals surface area contributed by atoms with Crippen LogP contribution in [0.3, 0.4) is 0 Å². The molecule has 0 aliphatic heterocycles. The van der Waals surface area contributed by atoms with Crippen LogP contribution in [-0.2, 0) is 5.41 Å². The summed E-state index contributed by atoms with van der Waals surface area (Å²) >= 11 is 0. The molecule has 2 rings (SSSR count). The first-order chi connectivity index (χ1) is 8.91. The first kappa shape index (κ1) is 13.5. The SMILES string of the molecule is CC(C)(C)c1cccc(-c2ccc(F)cc2C=O)c1. The highest BCUT2D eigenvalue weighted by Crippen LogP contribution is 2.29. The van der Waals surface area contributed by atoms with Crippen molar-refractivity contribution < 1.29 is 9.18 Å². The largest absolute Gasteiger partial charge is 0.298 e. The quantitative estimate of drug-likeness (QED) is 0.717. The fourth-order valence-electron chi connectivity index (χ4n) is 2.05. The predicted octanol–water partition coefficient (Wildman–Crippen LogP) is 4.60. The minimum absolute atomic E-state index is 0.0391. The van der Waals surface area contributed by atoms with Gasteiger partial charge in [-0.05, 0) is 34.2 Å². The van der Waals surface area contributed by atoms with Gasteiger partial charge in [0.2, 0.25) is 0 Å². The molecule has 0 N–H and O–H groups in total. The van der Waals surface area contributed by atoms with E-state index in [0.29, 0.717) is 11.8 Å². The molecule has 0 aliphatic carbocycles. The Hall–Kier alpha value is -1.96. The normalized spacial score (nSPS) is 11.4. The molecule has 0 saturated heterocycles. The molecule has 0 fully saturated rings. The zero-order valence-electron chi connectivity index (χ0n) is 11.4. The molecule has 19 heavy (non-hydrogen) atoms. The molecule has 0 bridgehead atoms. The van der Waals surface area contributed by atoms with E-state index in [9.17, 15) is 9.18 Å². The lowest BCUT2D eigenvalue weighted by Gasteiger charge is -2.20. The first-order valence-electron chi connectivity index (χ1n) is 6.27. The van der Waals surface area contributed by atoms with Crippen molar-refractivity contribution in [1.82, 2.24) is 0 Å². The van der Waals surface area contributed by atoms with Crippen LogP contribution in [0.5, 0.6) is 0 Å². The summed E-state index contributed by atoms with van der Waals surface area (Å²) in [5, 5.41) is 0. The number of benzene rings is 2. The third-order valence-corrected chi connectivity index (χ3v) is 3.18. The summed E-state index contributed by atoms with van der Waals surface area (Å²) in [4.78, 5) is 11.1. The van der Waals surface area contributed by atoms with E-state index in [0.717, 1.165) is 11.1 Å². The van der Waals surface area contributed by atoms with E-state index in [1.807, 2.05) is 12.1 Å². The van der Waals surface area contributed by atoms with Crippen molar-refractivity contribution in [2.75, 3.05) is 0 Å². The van der Waals surface area contributed by atoms with Crippen LogP contribution >= 0.6 is 0 Å². The maximum absolute atomic E-state index is 13.2. The van der Waals surface area contributed by atoms with Crippen LogP contribution in [0.2, 0.25) is 0 Å². The molecule has 2 aromatic rings. The summed E-state index contributed by atoms with van der Waals surface area (Å²) < 4.78 is 13.2. The monoisotopic (exact) mass is 256 g/mol. The Morgan fingerprint density at radius 1 is 1.05 bits per heavy atom. The Morgan fingerprint density at radius 3 is 2.42 bits per heavy atom. The highest BCUT2D eigenvalue weighted by molar-refractivity contribution is 5.87. The van der Waals surface area contributed by atoms with Crippen molar-refractivity contribution >= 4 is 6.29 Å². The van der Waals surface area contributed by atoms with Crippen LogP contribution in [0.4, 0.5) is 4.39 Å². The highest BCUT2D eigenvalue weighted by atomic mass is 19.1.